The first kappa shape index (κ1) is 20.2. The van der Waals surface area contributed by atoms with Gasteiger partial charge in [0.1, 0.15) is 5.41 Å². The van der Waals surface area contributed by atoms with E-state index in [-0.39, 0.29) is 23.5 Å². The molecule has 0 saturated carbocycles. The lowest BCUT2D eigenvalue weighted by Gasteiger charge is -2.37. The molecule has 0 aromatic heterocycles. The highest BCUT2D eigenvalue weighted by Crippen LogP contribution is 2.56. The number of benzene rings is 3. The zero-order valence-corrected chi connectivity index (χ0v) is 18.3. The molecule has 0 saturated heterocycles. The van der Waals surface area contributed by atoms with Gasteiger partial charge in [0, 0.05) is 28.0 Å². The summed E-state index contributed by atoms with van der Waals surface area (Å²) in [5.74, 6) is -1.37. The fourth-order valence-electron chi connectivity index (χ4n) is 5.30. The van der Waals surface area contributed by atoms with Crippen LogP contribution in [0, 0.1) is 0 Å². The van der Waals surface area contributed by atoms with Crippen LogP contribution in [0.25, 0.3) is 11.4 Å². The molecule has 2 aliphatic heterocycles. The molecule has 3 aromatic carbocycles. The van der Waals surface area contributed by atoms with E-state index >= 15 is 0 Å². The molecule has 6 nitrogen and oxygen atoms in total. The lowest BCUT2D eigenvalue weighted by atomic mass is 9.65. The van der Waals surface area contributed by atoms with Gasteiger partial charge in [-0.15, -0.1) is 0 Å². The highest BCUT2D eigenvalue weighted by Gasteiger charge is 2.62. The number of Topliss-reactive ketones (excluding diaryl/α,β-unsaturated/α-hetero) is 1. The van der Waals surface area contributed by atoms with Crippen molar-refractivity contribution < 1.29 is 19.1 Å². The molecule has 3 aromatic rings. The minimum absolute atomic E-state index is 0.114. The number of dihydropyridines is 1. The van der Waals surface area contributed by atoms with Crippen molar-refractivity contribution in [2.45, 2.75) is 12.3 Å². The number of hydrogen-bond acceptors (Lipinski definition) is 5. The Morgan fingerprint density at radius 2 is 1.50 bits per heavy atom. The number of carbonyl (C=O) groups is 3. The van der Waals surface area contributed by atoms with Gasteiger partial charge in [-0.1, -0.05) is 72.8 Å². The maximum absolute atomic E-state index is 14.0. The molecule has 1 amide bonds. The van der Waals surface area contributed by atoms with Crippen molar-refractivity contribution >= 4 is 34.7 Å². The van der Waals surface area contributed by atoms with Crippen molar-refractivity contribution in [1.82, 2.24) is 5.32 Å². The van der Waals surface area contributed by atoms with E-state index in [9.17, 15) is 14.4 Å². The van der Waals surface area contributed by atoms with Crippen LogP contribution in [-0.2, 0) is 19.7 Å². The predicted octanol–water partition coefficient (Wildman–Crippen LogP) is 4.06. The van der Waals surface area contributed by atoms with Crippen LogP contribution in [0.5, 0.6) is 0 Å². The van der Waals surface area contributed by atoms with Crippen molar-refractivity contribution in [1.29, 1.82) is 0 Å². The minimum Gasteiger partial charge on any atom is -0.463 e. The van der Waals surface area contributed by atoms with Crippen LogP contribution in [0.1, 0.15) is 34.0 Å². The largest absolute Gasteiger partial charge is 0.463 e. The van der Waals surface area contributed by atoms with E-state index in [0.717, 1.165) is 0 Å². The molecule has 1 atom stereocenters. The SMILES string of the molecule is CCOC(=O)C1=C(c2ccccc2)NC2=C(C(=O)c3ccccc32)C12C(=O)Nc1ccccc12. The Hall–Kier alpha value is -4.45. The Morgan fingerprint density at radius 1 is 0.824 bits per heavy atom. The van der Waals surface area contributed by atoms with Gasteiger partial charge >= 0.3 is 5.97 Å². The Morgan fingerprint density at radius 3 is 2.26 bits per heavy atom. The quantitative estimate of drug-likeness (QED) is 0.591. The summed E-state index contributed by atoms with van der Waals surface area (Å²) in [6, 6.07) is 23.8. The summed E-state index contributed by atoms with van der Waals surface area (Å²) in [6.45, 7) is 1.84. The summed E-state index contributed by atoms with van der Waals surface area (Å²) < 4.78 is 5.49. The Labute approximate surface area is 195 Å². The third-order valence-corrected chi connectivity index (χ3v) is 6.63. The fourth-order valence-corrected chi connectivity index (χ4v) is 5.30. The summed E-state index contributed by atoms with van der Waals surface area (Å²) in [5, 5.41) is 6.29. The van der Waals surface area contributed by atoms with E-state index < -0.39 is 17.3 Å². The lowest BCUT2D eigenvalue weighted by molar-refractivity contribution is -0.140. The van der Waals surface area contributed by atoms with E-state index in [1.807, 2.05) is 48.5 Å². The number of carbonyl (C=O) groups excluding carboxylic acids is 3. The number of para-hydroxylation sites is 1. The molecule has 34 heavy (non-hydrogen) atoms. The van der Waals surface area contributed by atoms with E-state index in [0.29, 0.717) is 39.3 Å². The summed E-state index contributed by atoms with van der Waals surface area (Å²) in [5.41, 5.74) is 2.75. The van der Waals surface area contributed by atoms with Crippen LogP contribution in [-0.4, -0.2) is 24.3 Å². The standard InChI is InChI=1S/C28H20N2O4/c1-2-34-26(32)22-23(16-10-4-3-5-11-16)30-24-17-12-6-7-13-18(17)25(31)21(24)28(22)19-14-8-9-15-20(19)29-27(28)33/h3-15,30H,2H2,1H3,(H,29,33). The van der Waals surface area contributed by atoms with Gasteiger partial charge < -0.3 is 15.4 Å². The van der Waals surface area contributed by atoms with Crippen molar-refractivity contribution in [3.63, 3.8) is 0 Å². The minimum atomic E-state index is -1.65. The molecule has 166 valence electrons. The van der Waals surface area contributed by atoms with Gasteiger partial charge in [-0.2, -0.15) is 0 Å². The monoisotopic (exact) mass is 448 g/mol. The second kappa shape index (κ2) is 7.28. The number of fused-ring (bicyclic) bond motifs is 5. The summed E-state index contributed by atoms with van der Waals surface area (Å²) in [6.07, 6.45) is 0. The average molecular weight is 448 g/mol. The van der Waals surface area contributed by atoms with E-state index in [2.05, 4.69) is 10.6 Å². The molecular weight excluding hydrogens is 428 g/mol. The van der Waals surface area contributed by atoms with Crippen molar-refractivity contribution in [3.8, 4) is 0 Å². The van der Waals surface area contributed by atoms with Crippen LogP contribution >= 0.6 is 0 Å². The number of ether oxygens (including phenoxy) is 1. The molecule has 6 rings (SSSR count). The molecule has 0 bridgehead atoms. The Balaban J connectivity index is 1.76. The second-order valence-electron chi connectivity index (χ2n) is 8.34. The third kappa shape index (κ3) is 2.48. The van der Waals surface area contributed by atoms with Crippen LogP contribution in [0.15, 0.2) is 90.0 Å². The van der Waals surface area contributed by atoms with Gasteiger partial charge in [0.15, 0.2) is 5.78 Å². The highest BCUT2D eigenvalue weighted by molar-refractivity contribution is 6.33. The van der Waals surface area contributed by atoms with Crippen molar-refractivity contribution in [2.75, 3.05) is 11.9 Å². The first-order valence-electron chi connectivity index (χ1n) is 11.1. The van der Waals surface area contributed by atoms with Crippen LogP contribution in [0.3, 0.4) is 0 Å². The number of ketones is 1. The number of esters is 1. The predicted molar refractivity (Wildman–Crippen MR) is 128 cm³/mol. The summed E-state index contributed by atoms with van der Waals surface area (Å²) >= 11 is 0. The lowest BCUT2D eigenvalue weighted by Crippen LogP contribution is -2.48. The summed E-state index contributed by atoms with van der Waals surface area (Å²) in [4.78, 5) is 41.5. The number of rotatable bonds is 3. The van der Waals surface area contributed by atoms with Gasteiger partial charge in [0.25, 0.3) is 0 Å². The van der Waals surface area contributed by atoms with Crippen LogP contribution in [0.2, 0.25) is 0 Å². The average Bonchev–Trinajstić information content (AvgIpc) is 3.31. The summed E-state index contributed by atoms with van der Waals surface area (Å²) in [7, 11) is 0. The van der Waals surface area contributed by atoms with Gasteiger partial charge in [0.2, 0.25) is 5.91 Å². The molecule has 3 aliphatic rings. The first-order valence-corrected chi connectivity index (χ1v) is 11.1. The molecule has 1 unspecified atom stereocenters. The van der Waals surface area contributed by atoms with Gasteiger partial charge in [-0.25, -0.2) is 4.79 Å². The zero-order chi connectivity index (χ0) is 23.4. The number of hydrogen-bond donors (Lipinski definition) is 2. The van der Waals surface area contributed by atoms with E-state index in [1.165, 1.54) is 0 Å². The molecule has 0 fully saturated rings. The third-order valence-electron chi connectivity index (χ3n) is 6.63. The molecule has 2 heterocycles. The Kier molecular flexibility index (Phi) is 4.32. The highest BCUT2D eigenvalue weighted by atomic mass is 16.5. The molecular formula is C28H20N2O4. The van der Waals surface area contributed by atoms with Gasteiger partial charge in [-0.05, 0) is 18.6 Å². The molecule has 0 radical (unpaired) electrons. The first-order chi connectivity index (χ1) is 16.6. The topological polar surface area (TPSA) is 84.5 Å². The van der Waals surface area contributed by atoms with Crippen LogP contribution < -0.4 is 10.6 Å². The zero-order valence-electron chi connectivity index (χ0n) is 18.3. The van der Waals surface area contributed by atoms with Gasteiger partial charge in [-0.3, -0.25) is 9.59 Å². The normalized spacial score (nSPS) is 20.0. The fraction of sp³-hybridized carbons (Fsp3) is 0.107. The molecule has 1 spiro atoms. The smallest absolute Gasteiger partial charge is 0.337 e. The van der Waals surface area contributed by atoms with Crippen LogP contribution in [0.4, 0.5) is 5.69 Å². The van der Waals surface area contributed by atoms with E-state index in [1.54, 1.807) is 37.3 Å². The second-order valence-corrected chi connectivity index (χ2v) is 8.34. The van der Waals surface area contributed by atoms with E-state index in [4.69, 9.17) is 4.74 Å². The van der Waals surface area contributed by atoms with Gasteiger partial charge in [0.05, 0.1) is 23.6 Å². The maximum Gasteiger partial charge on any atom is 0.337 e. The number of anilines is 1. The maximum atomic E-state index is 14.0. The van der Waals surface area contributed by atoms with Crippen molar-refractivity contribution in [2.24, 2.45) is 0 Å². The Bertz CT molecular complexity index is 1470. The van der Waals surface area contributed by atoms with Crippen molar-refractivity contribution in [3.05, 3.63) is 112 Å². The number of nitrogens with one attached hydrogen (secondary N) is 2. The molecule has 1 aliphatic carbocycles. The molecule has 2 N–H and O–H groups in total. The molecule has 6 heteroatoms. The number of amides is 1.